The summed E-state index contributed by atoms with van der Waals surface area (Å²) < 4.78 is 0. The Bertz CT molecular complexity index is 136. The van der Waals surface area contributed by atoms with E-state index in [9.17, 15) is 5.11 Å². The zero-order valence-corrected chi connectivity index (χ0v) is 6.69. The lowest BCUT2D eigenvalue weighted by molar-refractivity contribution is 0.391. The number of rotatable bonds is 3. The summed E-state index contributed by atoms with van der Waals surface area (Å²) in [5, 5.41) is 9.30. The van der Waals surface area contributed by atoms with E-state index in [1.807, 2.05) is 0 Å². The molecule has 0 fully saturated rings. The van der Waals surface area contributed by atoms with Gasteiger partial charge in [0.2, 0.25) is 0 Å². The fourth-order valence-electron chi connectivity index (χ4n) is 1.45. The van der Waals surface area contributed by atoms with Crippen molar-refractivity contribution in [3.63, 3.8) is 0 Å². The fourth-order valence-corrected chi connectivity index (χ4v) is 1.45. The van der Waals surface area contributed by atoms with Crippen LogP contribution >= 0.6 is 0 Å². The maximum Gasteiger partial charge on any atom is 0.0914 e. The molecule has 0 aliphatic heterocycles. The maximum absolute atomic E-state index is 9.30. The van der Waals surface area contributed by atoms with Gasteiger partial charge in [0.05, 0.1) is 5.76 Å². The van der Waals surface area contributed by atoms with Crippen LogP contribution in [0.15, 0.2) is 11.3 Å². The molecule has 0 aromatic heterocycles. The molecule has 0 radical (unpaired) electrons. The molecule has 1 aliphatic rings. The standard InChI is InChI=1S/C9H16O/c1-2-3-5-8-6-4-7-9(8)10/h10H,2-7H2,1H3. The van der Waals surface area contributed by atoms with Crippen molar-refractivity contribution in [2.45, 2.75) is 45.4 Å². The number of aliphatic hydroxyl groups is 1. The second-order valence-corrected chi connectivity index (χ2v) is 3.01. The molecule has 1 heteroatoms. The number of hydrogen-bond donors (Lipinski definition) is 1. The second-order valence-electron chi connectivity index (χ2n) is 3.01. The van der Waals surface area contributed by atoms with Crippen molar-refractivity contribution < 1.29 is 5.11 Å². The summed E-state index contributed by atoms with van der Waals surface area (Å²) >= 11 is 0. The number of unbranched alkanes of at least 4 members (excludes halogenated alkanes) is 1. The third-order valence-electron chi connectivity index (χ3n) is 2.13. The van der Waals surface area contributed by atoms with Gasteiger partial charge in [0.25, 0.3) is 0 Å². The third kappa shape index (κ3) is 1.76. The number of allylic oxidation sites excluding steroid dienone is 2. The molecule has 0 aromatic rings. The first-order chi connectivity index (χ1) is 4.84. The molecule has 0 spiro atoms. The van der Waals surface area contributed by atoms with E-state index >= 15 is 0 Å². The van der Waals surface area contributed by atoms with Gasteiger partial charge in [-0.25, -0.2) is 0 Å². The molecule has 10 heavy (non-hydrogen) atoms. The smallest absolute Gasteiger partial charge is 0.0914 e. The average Bonchev–Trinajstić information content (AvgIpc) is 2.31. The maximum atomic E-state index is 9.30. The molecule has 0 bridgehead atoms. The number of hydrogen-bond acceptors (Lipinski definition) is 1. The summed E-state index contributed by atoms with van der Waals surface area (Å²) in [7, 11) is 0. The summed E-state index contributed by atoms with van der Waals surface area (Å²) in [6.07, 6.45) is 6.84. The van der Waals surface area contributed by atoms with Crippen LogP contribution in [0.1, 0.15) is 45.4 Å². The minimum atomic E-state index is 0.688. The molecule has 0 atom stereocenters. The van der Waals surface area contributed by atoms with Crippen LogP contribution in [-0.4, -0.2) is 5.11 Å². The van der Waals surface area contributed by atoms with Crippen LogP contribution < -0.4 is 0 Å². The normalized spacial score (nSPS) is 18.5. The first-order valence-corrected chi connectivity index (χ1v) is 4.24. The van der Waals surface area contributed by atoms with E-state index in [1.165, 1.54) is 24.8 Å². The zero-order chi connectivity index (χ0) is 7.40. The Kier molecular flexibility index (Phi) is 2.79. The summed E-state index contributed by atoms with van der Waals surface area (Å²) in [5.41, 5.74) is 1.32. The predicted molar refractivity (Wildman–Crippen MR) is 43.0 cm³/mol. The Hall–Kier alpha value is -0.460. The highest BCUT2D eigenvalue weighted by atomic mass is 16.3. The molecule has 0 aromatic carbocycles. The first-order valence-electron chi connectivity index (χ1n) is 4.24. The molecule has 1 nitrogen and oxygen atoms in total. The monoisotopic (exact) mass is 140 g/mol. The Balaban J connectivity index is 2.31. The van der Waals surface area contributed by atoms with E-state index < -0.39 is 0 Å². The van der Waals surface area contributed by atoms with E-state index in [2.05, 4.69) is 6.92 Å². The third-order valence-corrected chi connectivity index (χ3v) is 2.13. The summed E-state index contributed by atoms with van der Waals surface area (Å²) in [6.45, 7) is 2.19. The van der Waals surface area contributed by atoms with Gasteiger partial charge in [-0.3, -0.25) is 0 Å². The average molecular weight is 140 g/mol. The van der Waals surface area contributed by atoms with Crippen molar-refractivity contribution in [1.82, 2.24) is 0 Å². The van der Waals surface area contributed by atoms with Crippen LogP contribution in [0.4, 0.5) is 0 Å². The molecule has 0 heterocycles. The molecular formula is C9H16O. The van der Waals surface area contributed by atoms with Gasteiger partial charge in [0.1, 0.15) is 0 Å². The van der Waals surface area contributed by atoms with Crippen molar-refractivity contribution in [3.05, 3.63) is 11.3 Å². The highest BCUT2D eigenvalue weighted by Gasteiger charge is 2.11. The topological polar surface area (TPSA) is 20.2 Å². The Morgan fingerprint density at radius 2 is 2.20 bits per heavy atom. The Morgan fingerprint density at radius 3 is 2.70 bits per heavy atom. The zero-order valence-electron chi connectivity index (χ0n) is 6.69. The summed E-state index contributed by atoms with van der Waals surface area (Å²) in [6, 6.07) is 0. The number of aliphatic hydroxyl groups excluding tert-OH is 1. The summed E-state index contributed by atoms with van der Waals surface area (Å²) in [5.74, 6) is 0.688. The molecule has 1 aliphatic carbocycles. The fraction of sp³-hybridized carbons (Fsp3) is 0.778. The van der Waals surface area contributed by atoms with E-state index in [1.54, 1.807) is 0 Å². The van der Waals surface area contributed by atoms with E-state index in [-0.39, 0.29) is 0 Å². The second kappa shape index (κ2) is 3.65. The van der Waals surface area contributed by atoms with Gasteiger partial charge in [0.15, 0.2) is 0 Å². The lowest BCUT2D eigenvalue weighted by Crippen LogP contribution is -1.82. The molecule has 0 saturated carbocycles. The molecule has 0 unspecified atom stereocenters. The van der Waals surface area contributed by atoms with Crippen LogP contribution in [0.5, 0.6) is 0 Å². The summed E-state index contributed by atoms with van der Waals surface area (Å²) in [4.78, 5) is 0. The van der Waals surface area contributed by atoms with Crippen LogP contribution in [0, 0.1) is 0 Å². The van der Waals surface area contributed by atoms with E-state index in [0.717, 1.165) is 19.3 Å². The Labute approximate surface area is 62.8 Å². The minimum absolute atomic E-state index is 0.688. The molecule has 58 valence electrons. The van der Waals surface area contributed by atoms with Crippen LogP contribution in [0.25, 0.3) is 0 Å². The van der Waals surface area contributed by atoms with Gasteiger partial charge in [-0.1, -0.05) is 13.3 Å². The van der Waals surface area contributed by atoms with E-state index in [0.29, 0.717) is 5.76 Å². The molecule has 1 N–H and O–H groups in total. The van der Waals surface area contributed by atoms with Gasteiger partial charge >= 0.3 is 0 Å². The minimum Gasteiger partial charge on any atom is -0.512 e. The van der Waals surface area contributed by atoms with Crippen molar-refractivity contribution >= 4 is 0 Å². The van der Waals surface area contributed by atoms with Crippen LogP contribution in [-0.2, 0) is 0 Å². The van der Waals surface area contributed by atoms with Crippen molar-refractivity contribution in [2.24, 2.45) is 0 Å². The Morgan fingerprint density at radius 1 is 1.40 bits per heavy atom. The molecule has 0 amide bonds. The lowest BCUT2D eigenvalue weighted by atomic mass is 10.1. The SMILES string of the molecule is CCCCC1=C(O)CCC1. The van der Waals surface area contributed by atoms with Gasteiger partial charge < -0.3 is 5.11 Å². The quantitative estimate of drug-likeness (QED) is 0.638. The van der Waals surface area contributed by atoms with Gasteiger partial charge in [-0.15, -0.1) is 0 Å². The van der Waals surface area contributed by atoms with Crippen molar-refractivity contribution in [1.29, 1.82) is 0 Å². The highest BCUT2D eigenvalue weighted by molar-refractivity contribution is 5.12. The van der Waals surface area contributed by atoms with Crippen molar-refractivity contribution in [3.8, 4) is 0 Å². The predicted octanol–water partition coefficient (Wildman–Crippen LogP) is 3.17. The van der Waals surface area contributed by atoms with Crippen molar-refractivity contribution in [2.75, 3.05) is 0 Å². The highest BCUT2D eigenvalue weighted by Crippen LogP contribution is 2.27. The van der Waals surface area contributed by atoms with Gasteiger partial charge in [-0.05, 0) is 31.3 Å². The van der Waals surface area contributed by atoms with E-state index in [4.69, 9.17) is 0 Å². The van der Waals surface area contributed by atoms with Gasteiger partial charge in [-0.2, -0.15) is 0 Å². The first kappa shape index (κ1) is 7.64. The van der Waals surface area contributed by atoms with Crippen LogP contribution in [0.2, 0.25) is 0 Å². The van der Waals surface area contributed by atoms with Crippen LogP contribution in [0.3, 0.4) is 0 Å². The molecule has 1 rings (SSSR count). The lowest BCUT2D eigenvalue weighted by Gasteiger charge is -1.99. The molecular weight excluding hydrogens is 124 g/mol. The molecule has 0 saturated heterocycles. The van der Waals surface area contributed by atoms with Gasteiger partial charge in [0, 0.05) is 6.42 Å². The largest absolute Gasteiger partial charge is 0.512 e.